The molecule has 0 bridgehead atoms. The van der Waals surface area contributed by atoms with E-state index in [1.807, 2.05) is 18.3 Å². The van der Waals surface area contributed by atoms with Crippen molar-refractivity contribution in [2.45, 2.75) is 31.3 Å². The van der Waals surface area contributed by atoms with E-state index in [4.69, 9.17) is 0 Å². The van der Waals surface area contributed by atoms with Crippen LogP contribution in [-0.2, 0) is 6.42 Å². The highest BCUT2D eigenvalue weighted by Gasteiger charge is 2.38. The number of aromatic nitrogens is 6. The first-order chi connectivity index (χ1) is 14.3. The molecule has 0 N–H and O–H groups in total. The number of fused-ring (bicyclic) bond motifs is 1. The Morgan fingerprint density at radius 2 is 1.93 bits per heavy atom. The van der Waals surface area contributed by atoms with E-state index < -0.39 is 0 Å². The second kappa shape index (κ2) is 7.56. The van der Waals surface area contributed by atoms with Gasteiger partial charge in [-0.3, -0.25) is 9.88 Å². The summed E-state index contributed by atoms with van der Waals surface area (Å²) < 4.78 is 1.80. The van der Waals surface area contributed by atoms with Crippen LogP contribution in [0, 0.1) is 11.3 Å². The molecule has 2 fully saturated rings. The molecule has 2 atom stereocenters. The first kappa shape index (κ1) is 17.7. The van der Waals surface area contributed by atoms with Crippen LogP contribution in [0.3, 0.4) is 0 Å². The van der Waals surface area contributed by atoms with E-state index >= 15 is 0 Å². The summed E-state index contributed by atoms with van der Waals surface area (Å²) >= 11 is 0. The van der Waals surface area contributed by atoms with Gasteiger partial charge in [-0.1, -0.05) is 5.21 Å². The van der Waals surface area contributed by atoms with Crippen LogP contribution in [0.1, 0.15) is 24.2 Å². The maximum atomic E-state index is 9.32. The Kier molecular flexibility index (Phi) is 4.62. The number of pyridine rings is 1. The van der Waals surface area contributed by atoms with Gasteiger partial charge in [0.05, 0.1) is 17.6 Å². The third-order valence-electron chi connectivity index (χ3n) is 5.83. The minimum absolute atomic E-state index is 0.406. The number of piperazine rings is 1. The van der Waals surface area contributed by atoms with E-state index in [1.165, 1.54) is 0 Å². The van der Waals surface area contributed by atoms with Crippen LogP contribution in [-0.4, -0.2) is 66.6 Å². The van der Waals surface area contributed by atoms with Crippen LogP contribution < -0.4 is 4.90 Å². The second-order valence-electron chi connectivity index (χ2n) is 7.47. The fraction of sp³-hybridized carbons (Fsp3) is 0.400. The summed E-state index contributed by atoms with van der Waals surface area (Å²) in [5.74, 6) is 0.707. The monoisotopic (exact) mass is 387 g/mol. The van der Waals surface area contributed by atoms with Crippen LogP contribution >= 0.6 is 0 Å². The van der Waals surface area contributed by atoms with Gasteiger partial charge in [-0.15, -0.1) is 5.10 Å². The molecule has 0 aliphatic carbocycles. The molecule has 3 aromatic rings. The first-order valence-electron chi connectivity index (χ1n) is 9.85. The van der Waals surface area contributed by atoms with Crippen molar-refractivity contribution in [1.82, 2.24) is 34.8 Å². The van der Waals surface area contributed by atoms with Gasteiger partial charge in [0.15, 0.2) is 11.5 Å². The number of anilines is 1. The molecular weight excluding hydrogens is 366 g/mol. The third-order valence-corrected chi connectivity index (χ3v) is 5.83. The summed E-state index contributed by atoms with van der Waals surface area (Å²) in [6.45, 7) is 2.69. The zero-order valence-corrected chi connectivity index (χ0v) is 16.0. The van der Waals surface area contributed by atoms with E-state index in [-0.39, 0.29) is 0 Å². The van der Waals surface area contributed by atoms with E-state index in [0.29, 0.717) is 23.6 Å². The number of rotatable bonds is 4. The average Bonchev–Trinajstić information content (AvgIpc) is 3.41. The van der Waals surface area contributed by atoms with Crippen molar-refractivity contribution >= 4 is 5.82 Å². The van der Waals surface area contributed by atoms with E-state index in [9.17, 15) is 5.26 Å². The summed E-state index contributed by atoms with van der Waals surface area (Å²) in [4.78, 5) is 17.4. The van der Waals surface area contributed by atoms with Crippen LogP contribution in [0.4, 0.5) is 5.82 Å². The van der Waals surface area contributed by atoms with Crippen molar-refractivity contribution in [2.75, 3.05) is 24.5 Å². The summed E-state index contributed by atoms with van der Waals surface area (Å²) in [7, 11) is 0. The van der Waals surface area contributed by atoms with Crippen LogP contribution in [0.2, 0.25) is 0 Å². The molecule has 0 saturated carbocycles. The van der Waals surface area contributed by atoms with Crippen LogP contribution in [0.5, 0.6) is 0 Å². The Morgan fingerprint density at radius 3 is 2.79 bits per heavy atom. The van der Waals surface area contributed by atoms with Crippen molar-refractivity contribution in [3.05, 3.63) is 54.5 Å². The van der Waals surface area contributed by atoms with Gasteiger partial charge in [-0.05, 0) is 25.0 Å². The van der Waals surface area contributed by atoms with Crippen molar-refractivity contribution in [2.24, 2.45) is 0 Å². The minimum Gasteiger partial charge on any atom is -0.351 e. The fourth-order valence-corrected chi connectivity index (χ4v) is 4.47. The highest BCUT2D eigenvalue weighted by atomic mass is 15.4. The molecule has 2 unspecified atom stereocenters. The quantitative estimate of drug-likeness (QED) is 0.659. The van der Waals surface area contributed by atoms with Gasteiger partial charge in [0.1, 0.15) is 6.07 Å². The zero-order valence-electron chi connectivity index (χ0n) is 16.0. The molecule has 146 valence electrons. The van der Waals surface area contributed by atoms with Gasteiger partial charge in [-0.25, -0.2) is 14.6 Å². The predicted octanol–water partition coefficient (Wildman–Crippen LogP) is 1.22. The number of hydrogen-bond donors (Lipinski definition) is 0. The van der Waals surface area contributed by atoms with E-state index in [1.54, 1.807) is 29.5 Å². The van der Waals surface area contributed by atoms with Gasteiger partial charge >= 0.3 is 0 Å². The van der Waals surface area contributed by atoms with Crippen molar-refractivity contribution in [3.8, 4) is 11.8 Å². The molecule has 9 nitrogen and oxygen atoms in total. The topological polar surface area (TPSA) is 99.7 Å². The highest BCUT2D eigenvalue weighted by Crippen LogP contribution is 2.31. The maximum absolute atomic E-state index is 9.32. The van der Waals surface area contributed by atoms with Crippen LogP contribution in [0.15, 0.2) is 43.1 Å². The molecule has 0 aromatic carbocycles. The van der Waals surface area contributed by atoms with Crippen LogP contribution in [0.25, 0.3) is 5.69 Å². The molecular formula is C20H21N9. The summed E-state index contributed by atoms with van der Waals surface area (Å²) in [5.41, 5.74) is 2.38. The Balaban J connectivity index is 1.26. The molecule has 9 heteroatoms. The Labute approximate surface area is 168 Å². The average molecular weight is 387 g/mol. The molecule has 3 aromatic heterocycles. The van der Waals surface area contributed by atoms with E-state index in [0.717, 1.165) is 50.3 Å². The summed E-state index contributed by atoms with van der Waals surface area (Å²) in [5, 5.41) is 18.0. The number of nitrogens with zero attached hydrogens (tertiary/aromatic N) is 9. The molecule has 29 heavy (non-hydrogen) atoms. The first-order valence-corrected chi connectivity index (χ1v) is 9.85. The smallest absolute Gasteiger partial charge is 0.183 e. The van der Waals surface area contributed by atoms with Gasteiger partial charge in [0.25, 0.3) is 0 Å². The molecule has 0 radical (unpaired) electrons. The molecule has 5 heterocycles. The lowest BCUT2D eigenvalue weighted by Crippen LogP contribution is -2.53. The van der Waals surface area contributed by atoms with Gasteiger partial charge in [0.2, 0.25) is 0 Å². The SMILES string of the molecule is N#Cc1nccnc1N1CCN2C(Cc3cn(-c4ccncc4)nn3)CCC2C1. The molecule has 2 aliphatic rings. The van der Waals surface area contributed by atoms with E-state index in [2.05, 4.69) is 41.1 Å². The highest BCUT2D eigenvalue weighted by molar-refractivity contribution is 5.50. The third kappa shape index (κ3) is 3.43. The second-order valence-corrected chi connectivity index (χ2v) is 7.47. The molecule has 5 rings (SSSR count). The Hall–Kier alpha value is -3.38. The fourth-order valence-electron chi connectivity index (χ4n) is 4.47. The Morgan fingerprint density at radius 1 is 1.07 bits per heavy atom. The van der Waals surface area contributed by atoms with Gasteiger partial charge in [0, 0.05) is 62.9 Å². The minimum atomic E-state index is 0.406. The summed E-state index contributed by atoms with van der Waals surface area (Å²) in [6, 6.07) is 6.95. The normalized spacial score (nSPS) is 21.7. The van der Waals surface area contributed by atoms with Crippen molar-refractivity contribution < 1.29 is 0 Å². The van der Waals surface area contributed by atoms with Crippen molar-refractivity contribution in [1.29, 1.82) is 5.26 Å². The lowest BCUT2D eigenvalue weighted by molar-refractivity contribution is 0.173. The van der Waals surface area contributed by atoms with Gasteiger partial charge < -0.3 is 4.90 Å². The Bertz CT molecular complexity index is 1030. The maximum Gasteiger partial charge on any atom is 0.183 e. The predicted molar refractivity (Wildman–Crippen MR) is 105 cm³/mol. The van der Waals surface area contributed by atoms with Crippen molar-refractivity contribution in [3.63, 3.8) is 0 Å². The molecule has 2 aliphatic heterocycles. The molecule has 0 amide bonds. The zero-order chi connectivity index (χ0) is 19.6. The molecule has 2 saturated heterocycles. The lowest BCUT2D eigenvalue weighted by Gasteiger charge is -2.40. The lowest BCUT2D eigenvalue weighted by atomic mass is 10.1. The molecule has 0 spiro atoms. The number of hydrogen-bond acceptors (Lipinski definition) is 8. The largest absolute Gasteiger partial charge is 0.351 e. The standard InChI is InChI=1S/C20H21N9/c21-12-19-20(24-8-7-23-19)27-9-10-28-17(1-2-18(28)14-27)11-15-13-29(26-25-15)16-3-5-22-6-4-16/h3-8,13,17-18H,1-2,9-11,14H2. The summed E-state index contributed by atoms with van der Waals surface area (Å²) in [6.07, 6.45) is 11.9. The van der Waals surface area contributed by atoms with Gasteiger partial charge in [-0.2, -0.15) is 5.26 Å². The number of nitriles is 1.